The van der Waals surface area contributed by atoms with E-state index in [1.54, 1.807) is 45.9 Å². The molecular weight excluding hydrogens is 394 g/mol. The Morgan fingerprint density at radius 1 is 1.19 bits per heavy atom. The molecule has 1 aliphatic rings. The number of allylic oxidation sites excluding steroid dienone is 2. The highest BCUT2D eigenvalue weighted by Gasteiger charge is 2.36. The van der Waals surface area contributed by atoms with Gasteiger partial charge in [-0.25, -0.2) is 9.18 Å². The minimum Gasteiger partial charge on any atom is -0.465 e. The standard InChI is InChI=1S/C20H25BFO4.C3H8.C2H6/c1-19(2,24)20(3,4)26-21-16-12-14(9-10-17(16)22)13-7-6-8-15(11-13)18(23)25-5;1-3-2;1-2/h8-12,24H,6-7H2,1-5H3;3H2,1-2H3;1-2H3. The average Bonchev–Trinajstić information content (AvgIpc) is 2.74. The van der Waals surface area contributed by atoms with Crippen LogP contribution in [0.1, 0.15) is 80.2 Å². The van der Waals surface area contributed by atoms with E-state index in [1.807, 2.05) is 19.9 Å². The average molecular weight is 433 g/mol. The van der Waals surface area contributed by atoms with Crippen molar-refractivity contribution < 1.29 is 23.7 Å². The molecule has 2 rings (SSSR count). The topological polar surface area (TPSA) is 55.8 Å². The van der Waals surface area contributed by atoms with Crippen LogP contribution in [-0.4, -0.2) is 36.9 Å². The van der Waals surface area contributed by atoms with Crippen LogP contribution in [0.5, 0.6) is 0 Å². The third-order valence-corrected chi connectivity index (χ3v) is 4.85. The fourth-order valence-corrected chi connectivity index (χ4v) is 2.38. The number of hydrogen-bond acceptors (Lipinski definition) is 4. The molecular formula is C25H39BFO4. The van der Waals surface area contributed by atoms with Gasteiger partial charge < -0.3 is 14.5 Å². The van der Waals surface area contributed by atoms with Gasteiger partial charge in [0.2, 0.25) is 0 Å². The quantitative estimate of drug-likeness (QED) is 0.485. The van der Waals surface area contributed by atoms with Gasteiger partial charge in [0.15, 0.2) is 0 Å². The Balaban J connectivity index is 0.00000165. The third-order valence-electron chi connectivity index (χ3n) is 4.85. The molecule has 0 spiro atoms. The Kier molecular flexibility index (Phi) is 12.7. The number of hydrogen-bond donors (Lipinski definition) is 1. The molecule has 0 fully saturated rings. The smallest absolute Gasteiger partial charge is 0.337 e. The summed E-state index contributed by atoms with van der Waals surface area (Å²) < 4.78 is 24.6. The molecule has 0 atom stereocenters. The Labute approximate surface area is 188 Å². The maximum absolute atomic E-state index is 14.2. The van der Waals surface area contributed by atoms with Crippen LogP contribution in [0.4, 0.5) is 4.39 Å². The van der Waals surface area contributed by atoms with Crippen molar-refractivity contribution in [2.45, 2.75) is 85.9 Å². The van der Waals surface area contributed by atoms with Gasteiger partial charge in [-0.15, -0.1) is 0 Å². The van der Waals surface area contributed by atoms with E-state index >= 15 is 0 Å². The summed E-state index contributed by atoms with van der Waals surface area (Å²) in [6, 6.07) is 4.74. The molecule has 1 aromatic carbocycles. The molecule has 173 valence electrons. The van der Waals surface area contributed by atoms with Gasteiger partial charge in [0.1, 0.15) is 5.82 Å². The third kappa shape index (κ3) is 9.00. The number of carbonyl (C=O) groups excluding carboxylic acids is 1. The molecule has 0 aromatic heterocycles. The van der Waals surface area contributed by atoms with E-state index < -0.39 is 17.0 Å². The monoisotopic (exact) mass is 433 g/mol. The van der Waals surface area contributed by atoms with Crippen LogP contribution >= 0.6 is 0 Å². The van der Waals surface area contributed by atoms with Crippen LogP contribution in [0.2, 0.25) is 0 Å². The maximum atomic E-state index is 14.2. The van der Waals surface area contributed by atoms with E-state index in [4.69, 9.17) is 9.39 Å². The molecule has 0 unspecified atom stereocenters. The van der Waals surface area contributed by atoms with Gasteiger partial charge in [-0.05, 0) is 69.3 Å². The number of benzene rings is 1. The highest BCUT2D eigenvalue weighted by atomic mass is 19.1. The summed E-state index contributed by atoms with van der Waals surface area (Å²) in [5.74, 6) is -0.799. The summed E-state index contributed by atoms with van der Waals surface area (Å²) in [5, 5.41) is 10.2. The molecule has 0 saturated heterocycles. The first-order chi connectivity index (χ1) is 14.5. The first kappa shape index (κ1) is 29.1. The van der Waals surface area contributed by atoms with E-state index in [2.05, 4.69) is 13.8 Å². The van der Waals surface area contributed by atoms with Crippen LogP contribution in [0.15, 0.2) is 35.9 Å². The van der Waals surface area contributed by atoms with Crippen molar-refractivity contribution in [2.24, 2.45) is 0 Å². The predicted molar refractivity (Wildman–Crippen MR) is 128 cm³/mol. The lowest BCUT2D eigenvalue weighted by atomic mass is 9.80. The summed E-state index contributed by atoms with van der Waals surface area (Å²) in [5.41, 5.74) is 0.559. The zero-order valence-corrected chi connectivity index (χ0v) is 20.6. The molecule has 0 saturated carbocycles. The van der Waals surface area contributed by atoms with Gasteiger partial charge in [0.05, 0.1) is 23.9 Å². The molecule has 0 amide bonds. The largest absolute Gasteiger partial charge is 0.465 e. The van der Waals surface area contributed by atoms with E-state index in [9.17, 15) is 14.3 Å². The van der Waals surface area contributed by atoms with Crippen molar-refractivity contribution in [3.05, 3.63) is 47.3 Å². The van der Waals surface area contributed by atoms with Crippen LogP contribution in [0.25, 0.3) is 5.57 Å². The molecule has 1 radical (unpaired) electrons. The zero-order valence-electron chi connectivity index (χ0n) is 20.6. The van der Waals surface area contributed by atoms with Gasteiger partial charge in [-0.1, -0.05) is 52.3 Å². The van der Waals surface area contributed by atoms with Crippen molar-refractivity contribution >= 4 is 24.5 Å². The number of aliphatic hydroxyl groups is 1. The molecule has 1 aromatic rings. The lowest BCUT2D eigenvalue weighted by molar-refractivity contribution is -0.135. The summed E-state index contributed by atoms with van der Waals surface area (Å²) in [6.07, 6.45) is 6.32. The summed E-state index contributed by atoms with van der Waals surface area (Å²) in [6.45, 7) is 15.0. The number of carbonyl (C=O) groups is 1. The minimum atomic E-state index is -1.09. The van der Waals surface area contributed by atoms with E-state index in [0.717, 1.165) is 24.0 Å². The maximum Gasteiger partial charge on any atom is 0.337 e. The fraction of sp³-hybridized carbons (Fsp3) is 0.560. The number of rotatable bonds is 6. The Bertz CT molecular complexity index is 761. The second kappa shape index (κ2) is 13.5. The summed E-state index contributed by atoms with van der Waals surface area (Å²) in [7, 11) is 2.68. The number of ether oxygens (including phenoxy) is 1. The van der Waals surface area contributed by atoms with Crippen molar-refractivity contribution in [1.82, 2.24) is 0 Å². The van der Waals surface area contributed by atoms with Crippen LogP contribution in [0.3, 0.4) is 0 Å². The molecule has 1 aliphatic carbocycles. The molecule has 31 heavy (non-hydrogen) atoms. The lowest BCUT2D eigenvalue weighted by Gasteiger charge is -2.37. The molecule has 1 N–H and O–H groups in total. The van der Waals surface area contributed by atoms with E-state index in [1.165, 1.54) is 27.1 Å². The Morgan fingerprint density at radius 2 is 1.77 bits per heavy atom. The fourth-order valence-electron chi connectivity index (χ4n) is 2.38. The second-order valence-corrected chi connectivity index (χ2v) is 8.11. The number of esters is 1. The van der Waals surface area contributed by atoms with Crippen LogP contribution in [0, 0.1) is 5.82 Å². The zero-order chi connectivity index (χ0) is 24.2. The van der Waals surface area contributed by atoms with Gasteiger partial charge in [-0.2, -0.15) is 0 Å². The van der Waals surface area contributed by atoms with Crippen molar-refractivity contribution in [1.29, 1.82) is 0 Å². The first-order valence-electron chi connectivity index (χ1n) is 11.0. The second-order valence-electron chi connectivity index (χ2n) is 8.11. The van der Waals surface area contributed by atoms with E-state index in [-0.39, 0.29) is 11.4 Å². The summed E-state index contributed by atoms with van der Waals surface area (Å²) >= 11 is 0. The first-order valence-corrected chi connectivity index (χ1v) is 11.0. The van der Waals surface area contributed by atoms with Crippen LogP contribution in [-0.2, 0) is 14.2 Å². The molecule has 0 heterocycles. The predicted octanol–water partition coefficient (Wildman–Crippen LogP) is 5.36. The normalized spacial score (nSPS) is 13.5. The molecule has 6 heteroatoms. The van der Waals surface area contributed by atoms with Gasteiger partial charge in [-0.3, -0.25) is 0 Å². The van der Waals surface area contributed by atoms with E-state index in [0.29, 0.717) is 5.57 Å². The van der Waals surface area contributed by atoms with Crippen molar-refractivity contribution in [3.63, 3.8) is 0 Å². The molecule has 4 nitrogen and oxygen atoms in total. The highest BCUT2D eigenvalue weighted by Crippen LogP contribution is 2.27. The number of methoxy groups -OCH3 is 1. The molecule has 0 aliphatic heterocycles. The summed E-state index contributed by atoms with van der Waals surface area (Å²) in [4.78, 5) is 11.7. The van der Waals surface area contributed by atoms with Gasteiger partial charge in [0, 0.05) is 0 Å². The highest BCUT2D eigenvalue weighted by molar-refractivity contribution is 6.47. The lowest BCUT2D eigenvalue weighted by Crippen LogP contribution is -2.49. The van der Waals surface area contributed by atoms with Crippen LogP contribution < -0.4 is 5.46 Å². The Morgan fingerprint density at radius 3 is 2.29 bits per heavy atom. The van der Waals surface area contributed by atoms with Gasteiger partial charge in [0.25, 0.3) is 0 Å². The van der Waals surface area contributed by atoms with Gasteiger partial charge >= 0.3 is 13.5 Å². The molecule has 0 bridgehead atoms. The van der Waals surface area contributed by atoms with Crippen molar-refractivity contribution in [3.8, 4) is 0 Å². The Hall–Kier alpha value is -1.92. The minimum absolute atomic E-state index is 0.287. The SMILES string of the molecule is CC.CCC.COC(=O)C1=CCCC(c2ccc(F)c([B]OC(C)(C)C(C)(C)O)c2)=C1. The number of halogens is 1. The van der Waals surface area contributed by atoms with Crippen molar-refractivity contribution in [2.75, 3.05) is 7.11 Å².